The summed E-state index contributed by atoms with van der Waals surface area (Å²) in [5.41, 5.74) is 1.10. The van der Waals surface area contributed by atoms with Gasteiger partial charge in [-0.05, 0) is 19.3 Å². The molecule has 0 saturated heterocycles. The van der Waals surface area contributed by atoms with Gasteiger partial charge >= 0.3 is 0 Å². The Bertz CT molecular complexity index is 116. The zero-order valence-electron chi connectivity index (χ0n) is 7.93. The van der Waals surface area contributed by atoms with Gasteiger partial charge in [-0.25, -0.2) is 0 Å². The summed E-state index contributed by atoms with van der Waals surface area (Å²) in [6.45, 7) is 10.5. The van der Waals surface area contributed by atoms with Crippen molar-refractivity contribution in [1.82, 2.24) is 0 Å². The van der Waals surface area contributed by atoms with Crippen molar-refractivity contribution in [2.75, 3.05) is 6.61 Å². The molecule has 0 aliphatic rings. The maximum absolute atomic E-state index is 8.95. The Labute approximate surface area is 70.1 Å². The van der Waals surface area contributed by atoms with Crippen molar-refractivity contribution in [3.8, 4) is 0 Å². The first-order chi connectivity index (χ1) is 5.07. The van der Waals surface area contributed by atoms with E-state index in [9.17, 15) is 0 Å². The van der Waals surface area contributed by atoms with Gasteiger partial charge in [-0.2, -0.15) is 0 Å². The smallest absolute Gasteiger partial charge is 0.0496 e. The Morgan fingerprint density at radius 2 is 1.91 bits per heavy atom. The highest BCUT2D eigenvalue weighted by molar-refractivity contribution is 4.95. The van der Waals surface area contributed by atoms with Gasteiger partial charge in [0.1, 0.15) is 0 Å². The van der Waals surface area contributed by atoms with Crippen LogP contribution >= 0.6 is 0 Å². The molecule has 0 rings (SSSR count). The van der Waals surface area contributed by atoms with Gasteiger partial charge in [0, 0.05) is 12.5 Å². The number of aliphatic hydroxyl groups is 1. The molecule has 1 unspecified atom stereocenters. The molecule has 0 aliphatic heterocycles. The molecule has 0 aromatic rings. The normalized spacial score (nSPS) is 13.5. The Morgan fingerprint density at radius 1 is 1.36 bits per heavy atom. The average Bonchev–Trinajstić information content (AvgIpc) is 1.87. The highest BCUT2D eigenvalue weighted by Gasteiger charge is 2.08. The van der Waals surface area contributed by atoms with Crippen molar-refractivity contribution in [2.45, 2.75) is 33.6 Å². The third-order valence-corrected chi connectivity index (χ3v) is 2.01. The minimum atomic E-state index is 0.252. The van der Waals surface area contributed by atoms with E-state index in [0.717, 1.165) is 17.9 Å². The van der Waals surface area contributed by atoms with Crippen LogP contribution < -0.4 is 0 Å². The van der Waals surface area contributed by atoms with Gasteiger partial charge in [0.25, 0.3) is 0 Å². The number of rotatable bonds is 5. The topological polar surface area (TPSA) is 20.2 Å². The minimum Gasteiger partial charge on any atom is -0.396 e. The fraction of sp³-hybridized carbons (Fsp3) is 0.800. The standard InChI is InChI=1S/C10H20O/c1-8(2)5-6-10(7-11)9(3)4/h8,10-11H,3,5-7H2,1-2,4H3. The van der Waals surface area contributed by atoms with Crippen LogP contribution in [0.25, 0.3) is 0 Å². The predicted octanol–water partition coefficient (Wildman–Crippen LogP) is 2.61. The second kappa shape index (κ2) is 5.36. The zero-order valence-corrected chi connectivity index (χ0v) is 7.93. The minimum absolute atomic E-state index is 0.252. The third-order valence-electron chi connectivity index (χ3n) is 2.01. The summed E-state index contributed by atoms with van der Waals surface area (Å²) >= 11 is 0. The molecule has 0 spiro atoms. The lowest BCUT2D eigenvalue weighted by Gasteiger charge is -2.14. The first kappa shape index (κ1) is 10.7. The van der Waals surface area contributed by atoms with Gasteiger partial charge in [-0.1, -0.05) is 32.4 Å². The van der Waals surface area contributed by atoms with E-state index < -0.39 is 0 Å². The molecular weight excluding hydrogens is 136 g/mol. The SMILES string of the molecule is C=C(C)C(CO)CCC(C)C. The van der Waals surface area contributed by atoms with E-state index in [2.05, 4.69) is 20.4 Å². The molecule has 1 atom stereocenters. The van der Waals surface area contributed by atoms with Gasteiger partial charge < -0.3 is 5.11 Å². The summed E-state index contributed by atoms with van der Waals surface area (Å²) in [6, 6.07) is 0. The van der Waals surface area contributed by atoms with Crippen LogP contribution in [-0.2, 0) is 0 Å². The van der Waals surface area contributed by atoms with Crippen LogP contribution in [0.3, 0.4) is 0 Å². The molecule has 0 aromatic heterocycles. The van der Waals surface area contributed by atoms with Crippen LogP contribution in [-0.4, -0.2) is 11.7 Å². The van der Waals surface area contributed by atoms with Gasteiger partial charge in [-0.15, -0.1) is 0 Å². The van der Waals surface area contributed by atoms with Crippen LogP contribution in [0.5, 0.6) is 0 Å². The second-order valence-electron chi connectivity index (χ2n) is 3.70. The fourth-order valence-electron chi connectivity index (χ4n) is 1.03. The zero-order chi connectivity index (χ0) is 8.85. The van der Waals surface area contributed by atoms with Crippen molar-refractivity contribution in [1.29, 1.82) is 0 Å². The number of hydrogen-bond donors (Lipinski definition) is 1. The maximum atomic E-state index is 8.95. The summed E-state index contributed by atoms with van der Waals surface area (Å²) in [7, 11) is 0. The van der Waals surface area contributed by atoms with Crippen LogP contribution in [0.1, 0.15) is 33.6 Å². The highest BCUT2D eigenvalue weighted by atomic mass is 16.3. The Balaban J connectivity index is 3.61. The molecule has 0 fully saturated rings. The largest absolute Gasteiger partial charge is 0.396 e. The van der Waals surface area contributed by atoms with E-state index in [1.54, 1.807) is 0 Å². The van der Waals surface area contributed by atoms with E-state index in [1.807, 2.05) is 6.92 Å². The van der Waals surface area contributed by atoms with Gasteiger partial charge in [0.05, 0.1) is 0 Å². The van der Waals surface area contributed by atoms with Crippen LogP contribution in [0.15, 0.2) is 12.2 Å². The lowest BCUT2D eigenvalue weighted by Crippen LogP contribution is -2.07. The van der Waals surface area contributed by atoms with Crippen LogP contribution in [0, 0.1) is 11.8 Å². The summed E-state index contributed by atoms with van der Waals surface area (Å²) in [6.07, 6.45) is 2.25. The average molecular weight is 156 g/mol. The van der Waals surface area contributed by atoms with Crippen molar-refractivity contribution in [3.05, 3.63) is 12.2 Å². The van der Waals surface area contributed by atoms with E-state index >= 15 is 0 Å². The molecule has 11 heavy (non-hydrogen) atoms. The molecule has 0 aliphatic carbocycles. The monoisotopic (exact) mass is 156 g/mol. The molecule has 0 saturated carbocycles. The van der Waals surface area contributed by atoms with Gasteiger partial charge in [-0.3, -0.25) is 0 Å². The lowest BCUT2D eigenvalue weighted by atomic mass is 9.94. The van der Waals surface area contributed by atoms with Crippen molar-refractivity contribution >= 4 is 0 Å². The van der Waals surface area contributed by atoms with Crippen molar-refractivity contribution in [3.63, 3.8) is 0 Å². The molecule has 0 radical (unpaired) electrons. The van der Waals surface area contributed by atoms with Crippen LogP contribution in [0.4, 0.5) is 0 Å². The number of aliphatic hydroxyl groups excluding tert-OH is 1. The number of hydrogen-bond acceptors (Lipinski definition) is 1. The van der Waals surface area contributed by atoms with Crippen LogP contribution in [0.2, 0.25) is 0 Å². The Hall–Kier alpha value is -0.300. The fourth-order valence-corrected chi connectivity index (χ4v) is 1.03. The van der Waals surface area contributed by atoms with E-state index in [1.165, 1.54) is 6.42 Å². The Morgan fingerprint density at radius 3 is 2.18 bits per heavy atom. The molecular formula is C10H20O. The van der Waals surface area contributed by atoms with E-state index in [-0.39, 0.29) is 6.61 Å². The summed E-state index contributed by atoms with van der Waals surface area (Å²) < 4.78 is 0. The first-order valence-corrected chi connectivity index (χ1v) is 4.34. The second-order valence-corrected chi connectivity index (χ2v) is 3.70. The lowest BCUT2D eigenvalue weighted by molar-refractivity contribution is 0.233. The molecule has 0 aromatic carbocycles. The van der Waals surface area contributed by atoms with Crippen molar-refractivity contribution in [2.24, 2.45) is 11.8 Å². The van der Waals surface area contributed by atoms with Crippen molar-refractivity contribution < 1.29 is 5.11 Å². The molecule has 0 bridgehead atoms. The first-order valence-electron chi connectivity index (χ1n) is 4.34. The summed E-state index contributed by atoms with van der Waals surface area (Å²) in [5, 5.41) is 8.95. The molecule has 1 N–H and O–H groups in total. The highest BCUT2D eigenvalue weighted by Crippen LogP contribution is 2.17. The molecule has 1 nitrogen and oxygen atoms in total. The quantitative estimate of drug-likeness (QED) is 0.607. The van der Waals surface area contributed by atoms with E-state index in [0.29, 0.717) is 5.92 Å². The van der Waals surface area contributed by atoms with Gasteiger partial charge in [0.15, 0.2) is 0 Å². The van der Waals surface area contributed by atoms with Gasteiger partial charge in [0.2, 0.25) is 0 Å². The summed E-state index contributed by atoms with van der Waals surface area (Å²) in [5.74, 6) is 1.04. The van der Waals surface area contributed by atoms with E-state index in [4.69, 9.17) is 5.11 Å². The summed E-state index contributed by atoms with van der Waals surface area (Å²) in [4.78, 5) is 0. The molecule has 66 valence electrons. The Kier molecular flexibility index (Phi) is 5.22. The molecule has 0 amide bonds. The predicted molar refractivity (Wildman–Crippen MR) is 49.5 cm³/mol. The third kappa shape index (κ3) is 5.02. The maximum Gasteiger partial charge on any atom is 0.0496 e. The molecule has 0 heterocycles. The molecule has 1 heteroatoms.